The number of aromatic nitrogens is 1. The third-order valence-corrected chi connectivity index (χ3v) is 5.78. The van der Waals surface area contributed by atoms with Crippen LogP contribution in [0.4, 0.5) is 0 Å². The number of hydrogen-bond donors (Lipinski definition) is 2. The van der Waals surface area contributed by atoms with Crippen LogP contribution < -0.4 is 10.6 Å². The molecule has 28 heavy (non-hydrogen) atoms. The van der Waals surface area contributed by atoms with Crippen LogP contribution in [0.3, 0.4) is 0 Å². The molecular weight excluding hydrogens is 350 g/mol. The summed E-state index contributed by atoms with van der Waals surface area (Å²) in [6.07, 6.45) is 3.90. The molecule has 4 rings (SSSR count). The Morgan fingerprint density at radius 2 is 2.00 bits per heavy atom. The van der Waals surface area contributed by atoms with Crippen molar-refractivity contribution in [2.24, 2.45) is 11.8 Å². The zero-order valence-corrected chi connectivity index (χ0v) is 16.7. The highest BCUT2D eigenvalue weighted by Crippen LogP contribution is 2.36. The van der Waals surface area contributed by atoms with Gasteiger partial charge in [-0.05, 0) is 67.0 Å². The molecule has 0 spiro atoms. The summed E-state index contributed by atoms with van der Waals surface area (Å²) in [7, 11) is 0. The Kier molecular flexibility index (Phi) is 4.92. The van der Waals surface area contributed by atoms with E-state index < -0.39 is 0 Å². The molecule has 1 aromatic heterocycles. The number of aryl methyl sites for hydroxylation is 1. The van der Waals surface area contributed by atoms with E-state index in [4.69, 9.17) is 0 Å². The van der Waals surface area contributed by atoms with Gasteiger partial charge in [-0.15, -0.1) is 0 Å². The van der Waals surface area contributed by atoms with E-state index in [0.717, 1.165) is 35.2 Å². The van der Waals surface area contributed by atoms with Crippen molar-refractivity contribution >= 4 is 11.8 Å². The van der Waals surface area contributed by atoms with E-state index in [0.29, 0.717) is 18.0 Å². The van der Waals surface area contributed by atoms with Crippen molar-refractivity contribution in [3.05, 3.63) is 53.2 Å². The molecule has 1 unspecified atom stereocenters. The van der Waals surface area contributed by atoms with Crippen LogP contribution in [0.25, 0.3) is 11.3 Å². The van der Waals surface area contributed by atoms with Crippen molar-refractivity contribution in [1.29, 1.82) is 0 Å². The second kappa shape index (κ2) is 7.38. The predicted octanol–water partition coefficient (Wildman–Crippen LogP) is 3.43. The number of amides is 2. The van der Waals surface area contributed by atoms with Crippen molar-refractivity contribution in [2.45, 2.75) is 45.6 Å². The van der Waals surface area contributed by atoms with Gasteiger partial charge in [0.25, 0.3) is 5.91 Å². The largest absolute Gasteiger partial charge is 0.355 e. The first-order valence-electron chi connectivity index (χ1n) is 10.1. The van der Waals surface area contributed by atoms with Gasteiger partial charge in [-0.2, -0.15) is 0 Å². The lowest BCUT2D eigenvalue weighted by Crippen LogP contribution is -2.26. The van der Waals surface area contributed by atoms with Crippen LogP contribution in [0.15, 0.2) is 36.5 Å². The first-order valence-corrected chi connectivity index (χ1v) is 10.1. The maximum Gasteiger partial charge on any atom is 0.251 e. The van der Waals surface area contributed by atoms with E-state index in [-0.39, 0.29) is 29.7 Å². The minimum Gasteiger partial charge on any atom is -0.355 e. The number of nitrogens with zero attached hydrogens (tertiary/aromatic N) is 1. The molecule has 1 saturated carbocycles. The molecule has 5 heteroatoms. The molecule has 2 atom stereocenters. The molecule has 5 nitrogen and oxygen atoms in total. The number of nitrogens with one attached hydrogen (secondary N) is 2. The van der Waals surface area contributed by atoms with Crippen molar-refractivity contribution in [3.63, 3.8) is 0 Å². The molecule has 1 aromatic carbocycles. The third-order valence-electron chi connectivity index (χ3n) is 5.78. The van der Waals surface area contributed by atoms with Crippen LogP contribution >= 0.6 is 0 Å². The van der Waals surface area contributed by atoms with Gasteiger partial charge in [-0.1, -0.05) is 19.9 Å². The zero-order chi connectivity index (χ0) is 19.8. The van der Waals surface area contributed by atoms with Gasteiger partial charge in [0.2, 0.25) is 5.91 Å². The highest BCUT2D eigenvalue weighted by atomic mass is 16.2. The van der Waals surface area contributed by atoms with Crippen molar-refractivity contribution < 1.29 is 9.59 Å². The van der Waals surface area contributed by atoms with Gasteiger partial charge in [0.15, 0.2) is 0 Å². The smallest absolute Gasteiger partial charge is 0.251 e. The van der Waals surface area contributed by atoms with Gasteiger partial charge in [0, 0.05) is 29.9 Å². The first-order chi connectivity index (χ1) is 13.4. The zero-order valence-electron chi connectivity index (χ0n) is 16.7. The maximum absolute atomic E-state index is 12.8. The standard InChI is InChI=1S/C23H27N3O2/c1-13(2)19-12-25-23(28)21(19)16-8-15(20-7-4-14(3)11-24-20)9-17(10-16)22(27)26-18-5-6-18/h4,7-11,13,18-19,21H,5-6,12H2,1-3H3,(H,25,28)(H,26,27)/t19?,21-/m0/s1. The fourth-order valence-corrected chi connectivity index (χ4v) is 3.91. The summed E-state index contributed by atoms with van der Waals surface area (Å²) in [4.78, 5) is 29.9. The highest BCUT2D eigenvalue weighted by molar-refractivity contribution is 5.97. The summed E-state index contributed by atoms with van der Waals surface area (Å²) < 4.78 is 0. The molecule has 146 valence electrons. The Balaban J connectivity index is 1.78. The average Bonchev–Trinajstić information content (AvgIpc) is 3.40. The number of benzene rings is 1. The summed E-state index contributed by atoms with van der Waals surface area (Å²) in [6.45, 7) is 6.96. The van der Waals surface area contributed by atoms with Gasteiger partial charge in [-0.3, -0.25) is 14.6 Å². The number of rotatable bonds is 5. The van der Waals surface area contributed by atoms with Gasteiger partial charge in [0.05, 0.1) is 11.6 Å². The van der Waals surface area contributed by atoms with Crippen molar-refractivity contribution in [3.8, 4) is 11.3 Å². The van der Waals surface area contributed by atoms with E-state index in [9.17, 15) is 9.59 Å². The lowest BCUT2D eigenvalue weighted by Gasteiger charge is -2.22. The first kappa shape index (κ1) is 18.7. The van der Waals surface area contributed by atoms with Gasteiger partial charge in [0.1, 0.15) is 0 Å². The number of hydrogen-bond acceptors (Lipinski definition) is 3. The topological polar surface area (TPSA) is 71.1 Å². The number of carbonyl (C=O) groups is 2. The summed E-state index contributed by atoms with van der Waals surface area (Å²) in [5, 5.41) is 6.06. The molecule has 2 amide bonds. The molecule has 1 saturated heterocycles. The molecule has 2 heterocycles. The molecule has 1 aliphatic heterocycles. The summed E-state index contributed by atoms with van der Waals surface area (Å²) in [5.41, 5.74) is 4.27. The van der Waals surface area contributed by atoms with Crippen LogP contribution in [-0.2, 0) is 4.79 Å². The van der Waals surface area contributed by atoms with Crippen LogP contribution in [0, 0.1) is 18.8 Å². The third kappa shape index (κ3) is 3.79. The summed E-state index contributed by atoms with van der Waals surface area (Å²) in [5.74, 6) is 0.318. The Morgan fingerprint density at radius 1 is 1.21 bits per heavy atom. The van der Waals surface area contributed by atoms with Crippen LogP contribution in [0.1, 0.15) is 54.1 Å². The van der Waals surface area contributed by atoms with Crippen LogP contribution in [-0.4, -0.2) is 29.4 Å². The monoisotopic (exact) mass is 377 g/mol. The summed E-state index contributed by atoms with van der Waals surface area (Å²) in [6, 6.07) is 10.1. The SMILES string of the molecule is Cc1ccc(-c2cc(C(=O)NC3CC3)cc([C@@H]3C(=O)NCC3C(C)C)c2)nc1. The van der Waals surface area contributed by atoms with E-state index in [1.54, 1.807) is 0 Å². The molecule has 0 radical (unpaired) electrons. The fourth-order valence-electron chi connectivity index (χ4n) is 3.91. The minimum absolute atomic E-state index is 0.0428. The van der Waals surface area contributed by atoms with E-state index in [1.807, 2.05) is 43.5 Å². The van der Waals surface area contributed by atoms with Gasteiger partial charge < -0.3 is 10.6 Å². The minimum atomic E-state index is -0.238. The van der Waals surface area contributed by atoms with E-state index in [2.05, 4.69) is 29.5 Å². The molecule has 2 aliphatic rings. The predicted molar refractivity (Wildman–Crippen MR) is 109 cm³/mol. The Hall–Kier alpha value is -2.69. The quantitative estimate of drug-likeness (QED) is 0.839. The second-order valence-corrected chi connectivity index (χ2v) is 8.44. The Bertz CT molecular complexity index is 901. The Labute approximate surface area is 165 Å². The van der Waals surface area contributed by atoms with Crippen molar-refractivity contribution in [2.75, 3.05) is 6.54 Å². The Morgan fingerprint density at radius 3 is 2.64 bits per heavy atom. The lowest BCUT2D eigenvalue weighted by molar-refractivity contribution is -0.120. The molecule has 1 aliphatic carbocycles. The van der Waals surface area contributed by atoms with Crippen LogP contribution in [0.5, 0.6) is 0 Å². The van der Waals surface area contributed by atoms with E-state index in [1.165, 1.54) is 0 Å². The molecule has 2 fully saturated rings. The summed E-state index contributed by atoms with van der Waals surface area (Å²) >= 11 is 0. The molecule has 2 N–H and O–H groups in total. The molecule has 0 bridgehead atoms. The number of carbonyl (C=O) groups excluding carboxylic acids is 2. The average molecular weight is 377 g/mol. The maximum atomic E-state index is 12.8. The van der Waals surface area contributed by atoms with Gasteiger partial charge >= 0.3 is 0 Å². The normalized spacial score (nSPS) is 21.6. The van der Waals surface area contributed by atoms with Crippen molar-refractivity contribution in [1.82, 2.24) is 15.6 Å². The highest BCUT2D eigenvalue weighted by Gasteiger charge is 2.38. The van der Waals surface area contributed by atoms with E-state index >= 15 is 0 Å². The fraction of sp³-hybridized carbons (Fsp3) is 0.435. The molecule has 2 aromatic rings. The van der Waals surface area contributed by atoms with Gasteiger partial charge in [-0.25, -0.2) is 0 Å². The number of pyridine rings is 1. The lowest BCUT2D eigenvalue weighted by atomic mass is 9.80. The van der Waals surface area contributed by atoms with Crippen LogP contribution in [0.2, 0.25) is 0 Å². The molecular formula is C23H27N3O2. The second-order valence-electron chi connectivity index (χ2n) is 8.44.